The van der Waals surface area contributed by atoms with Crippen LogP contribution in [0.25, 0.3) is 0 Å². The van der Waals surface area contributed by atoms with Gasteiger partial charge in [-0.3, -0.25) is 9.79 Å². The molecule has 0 saturated carbocycles. The van der Waals surface area contributed by atoms with Crippen LogP contribution in [0.4, 0.5) is 0 Å². The Kier molecular flexibility index (Phi) is 8.96. The van der Waals surface area contributed by atoms with Gasteiger partial charge in [0, 0.05) is 31.2 Å². The van der Waals surface area contributed by atoms with Crippen LogP contribution in [0.2, 0.25) is 0 Å². The Balaban J connectivity index is 1.95. The molecule has 1 unspecified atom stereocenters. The molecule has 0 aromatic heterocycles. The Morgan fingerprint density at radius 3 is 2.48 bits per heavy atom. The summed E-state index contributed by atoms with van der Waals surface area (Å²) in [7, 11) is 0. The van der Waals surface area contributed by atoms with Crippen molar-refractivity contribution in [2.75, 3.05) is 32.8 Å². The molecule has 0 radical (unpaired) electrons. The molecule has 0 spiro atoms. The second kappa shape index (κ2) is 11.2. The van der Waals surface area contributed by atoms with E-state index < -0.39 is 0 Å². The van der Waals surface area contributed by atoms with E-state index >= 15 is 0 Å². The maximum Gasteiger partial charge on any atom is 0.309 e. The van der Waals surface area contributed by atoms with Gasteiger partial charge in [-0.15, -0.1) is 0 Å². The van der Waals surface area contributed by atoms with Gasteiger partial charge in [-0.2, -0.15) is 0 Å². The van der Waals surface area contributed by atoms with E-state index in [0.717, 1.165) is 38.4 Å². The maximum atomic E-state index is 12.0. The standard InChI is InChI=1S/C23H38N4O2/c1-6-24-22(27-15-13-20(14-16-27)21(28)29-7-2)25-17-23(4,5)26-18(3)19-11-9-8-10-12-19/h8-12,18,20,26H,6-7,13-17H2,1-5H3,(H,24,25). The number of benzene rings is 1. The minimum Gasteiger partial charge on any atom is -0.466 e. The van der Waals surface area contributed by atoms with E-state index in [9.17, 15) is 4.79 Å². The number of carbonyl (C=O) groups excluding carboxylic acids is 1. The van der Waals surface area contributed by atoms with Crippen molar-refractivity contribution in [3.8, 4) is 0 Å². The summed E-state index contributed by atoms with van der Waals surface area (Å²) in [6.45, 7) is 14.1. The molecule has 1 heterocycles. The van der Waals surface area contributed by atoms with Gasteiger partial charge in [0.15, 0.2) is 5.96 Å². The third-order valence-electron chi connectivity index (χ3n) is 5.28. The van der Waals surface area contributed by atoms with Gasteiger partial charge >= 0.3 is 5.97 Å². The number of piperidine rings is 1. The first-order valence-corrected chi connectivity index (χ1v) is 10.9. The van der Waals surface area contributed by atoms with Crippen molar-refractivity contribution in [3.05, 3.63) is 35.9 Å². The topological polar surface area (TPSA) is 66.0 Å². The van der Waals surface area contributed by atoms with Gasteiger partial charge in [-0.05, 0) is 53.0 Å². The first kappa shape index (κ1) is 23.2. The molecule has 1 atom stereocenters. The van der Waals surface area contributed by atoms with E-state index in [0.29, 0.717) is 13.2 Å². The number of ether oxygens (including phenoxy) is 1. The molecule has 1 aliphatic rings. The Hall–Kier alpha value is -2.08. The Morgan fingerprint density at radius 1 is 1.24 bits per heavy atom. The van der Waals surface area contributed by atoms with E-state index in [1.807, 2.05) is 13.0 Å². The van der Waals surface area contributed by atoms with E-state index in [2.05, 4.69) is 67.5 Å². The van der Waals surface area contributed by atoms with Crippen molar-refractivity contribution in [2.45, 2.75) is 59.0 Å². The fourth-order valence-corrected chi connectivity index (χ4v) is 3.74. The number of rotatable bonds is 8. The normalized spacial score (nSPS) is 17.1. The highest BCUT2D eigenvalue weighted by atomic mass is 16.5. The summed E-state index contributed by atoms with van der Waals surface area (Å²) in [5.41, 5.74) is 1.14. The van der Waals surface area contributed by atoms with Crippen molar-refractivity contribution in [3.63, 3.8) is 0 Å². The number of hydrogen-bond acceptors (Lipinski definition) is 4. The average molecular weight is 403 g/mol. The van der Waals surface area contributed by atoms with E-state index in [4.69, 9.17) is 9.73 Å². The van der Waals surface area contributed by atoms with Crippen LogP contribution in [0.5, 0.6) is 0 Å². The van der Waals surface area contributed by atoms with E-state index in [-0.39, 0.29) is 23.5 Å². The molecule has 0 amide bonds. The van der Waals surface area contributed by atoms with Crippen LogP contribution in [0.15, 0.2) is 35.3 Å². The van der Waals surface area contributed by atoms with Gasteiger partial charge in [0.05, 0.1) is 19.1 Å². The van der Waals surface area contributed by atoms with Gasteiger partial charge in [0.1, 0.15) is 0 Å². The zero-order valence-corrected chi connectivity index (χ0v) is 18.7. The van der Waals surface area contributed by atoms with Crippen LogP contribution in [-0.4, -0.2) is 55.2 Å². The lowest BCUT2D eigenvalue weighted by Crippen LogP contribution is -2.48. The fraction of sp³-hybridized carbons (Fsp3) is 0.652. The Bertz CT molecular complexity index is 652. The van der Waals surface area contributed by atoms with Crippen LogP contribution in [0.1, 0.15) is 59.1 Å². The molecule has 2 rings (SSSR count). The molecule has 162 valence electrons. The molecular formula is C23H38N4O2. The molecule has 1 fully saturated rings. The van der Waals surface area contributed by atoms with Crippen molar-refractivity contribution >= 4 is 11.9 Å². The van der Waals surface area contributed by atoms with Crippen molar-refractivity contribution in [1.29, 1.82) is 0 Å². The van der Waals surface area contributed by atoms with Crippen LogP contribution < -0.4 is 10.6 Å². The molecule has 0 aliphatic carbocycles. The van der Waals surface area contributed by atoms with Crippen LogP contribution >= 0.6 is 0 Å². The highest BCUT2D eigenvalue weighted by Gasteiger charge is 2.28. The SMILES string of the molecule is CCNC(=NCC(C)(C)NC(C)c1ccccc1)N1CCC(C(=O)OCC)CC1. The number of nitrogens with zero attached hydrogens (tertiary/aromatic N) is 2. The predicted octanol–water partition coefficient (Wildman–Crippen LogP) is 3.36. The minimum atomic E-state index is -0.140. The summed E-state index contributed by atoms with van der Waals surface area (Å²) < 4.78 is 5.18. The summed E-state index contributed by atoms with van der Waals surface area (Å²) in [4.78, 5) is 19.2. The lowest BCUT2D eigenvalue weighted by molar-refractivity contribution is -0.149. The van der Waals surface area contributed by atoms with Crippen molar-refractivity contribution in [1.82, 2.24) is 15.5 Å². The van der Waals surface area contributed by atoms with Gasteiger partial charge in [0.2, 0.25) is 0 Å². The molecule has 6 heteroatoms. The lowest BCUT2D eigenvalue weighted by Gasteiger charge is -2.34. The third-order valence-corrected chi connectivity index (χ3v) is 5.28. The fourth-order valence-electron chi connectivity index (χ4n) is 3.74. The summed E-state index contributed by atoms with van der Waals surface area (Å²) in [6.07, 6.45) is 1.63. The molecule has 6 nitrogen and oxygen atoms in total. The summed E-state index contributed by atoms with van der Waals surface area (Å²) in [5.74, 6) is 0.880. The monoisotopic (exact) mass is 402 g/mol. The van der Waals surface area contributed by atoms with E-state index in [1.165, 1.54) is 5.56 Å². The molecule has 1 aromatic rings. The predicted molar refractivity (Wildman–Crippen MR) is 119 cm³/mol. The molecule has 1 aromatic carbocycles. The smallest absolute Gasteiger partial charge is 0.309 e. The molecule has 1 aliphatic heterocycles. The molecule has 0 bridgehead atoms. The van der Waals surface area contributed by atoms with Gasteiger partial charge in [-0.1, -0.05) is 30.3 Å². The minimum absolute atomic E-state index is 0.0129. The number of esters is 1. The second-order valence-electron chi connectivity index (χ2n) is 8.34. The third kappa shape index (κ3) is 7.35. The van der Waals surface area contributed by atoms with Gasteiger partial charge in [0.25, 0.3) is 0 Å². The van der Waals surface area contributed by atoms with E-state index in [1.54, 1.807) is 0 Å². The quantitative estimate of drug-likeness (QED) is 0.397. The zero-order chi connectivity index (χ0) is 21.3. The number of nitrogens with one attached hydrogen (secondary N) is 2. The number of carbonyl (C=O) groups is 1. The summed E-state index contributed by atoms with van der Waals surface area (Å²) >= 11 is 0. The van der Waals surface area contributed by atoms with Crippen LogP contribution in [0, 0.1) is 5.92 Å². The maximum absolute atomic E-state index is 12.0. The highest BCUT2D eigenvalue weighted by Crippen LogP contribution is 2.20. The summed E-state index contributed by atoms with van der Waals surface area (Å²) in [5, 5.41) is 7.11. The average Bonchev–Trinajstić information content (AvgIpc) is 2.72. The number of aliphatic imine (C=N–C) groups is 1. The molecular weight excluding hydrogens is 364 g/mol. The number of likely N-dealkylation sites (tertiary alicyclic amines) is 1. The van der Waals surface area contributed by atoms with Crippen molar-refractivity contribution < 1.29 is 9.53 Å². The number of guanidine groups is 1. The molecule has 1 saturated heterocycles. The largest absolute Gasteiger partial charge is 0.466 e. The molecule has 29 heavy (non-hydrogen) atoms. The van der Waals surface area contributed by atoms with Gasteiger partial charge < -0.3 is 20.3 Å². The second-order valence-corrected chi connectivity index (χ2v) is 8.34. The van der Waals surface area contributed by atoms with Crippen LogP contribution in [-0.2, 0) is 9.53 Å². The first-order valence-electron chi connectivity index (χ1n) is 10.9. The highest BCUT2D eigenvalue weighted by molar-refractivity contribution is 5.80. The number of hydrogen-bond donors (Lipinski definition) is 2. The first-order chi connectivity index (χ1) is 13.9. The summed E-state index contributed by atoms with van der Waals surface area (Å²) in [6, 6.07) is 10.7. The molecule has 2 N–H and O–H groups in total. The van der Waals surface area contributed by atoms with Crippen molar-refractivity contribution in [2.24, 2.45) is 10.9 Å². The Labute approximate surface area is 176 Å². The van der Waals surface area contributed by atoms with Gasteiger partial charge in [-0.25, -0.2) is 0 Å². The van der Waals surface area contributed by atoms with Crippen LogP contribution in [0.3, 0.4) is 0 Å². The lowest BCUT2D eigenvalue weighted by atomic mass is 9.97. The Morgan fingerprint density at radius 2 is 1.90 bits per heavy atom. The zero-order valence-electron chi connectivity index (χ0n) is 18.7.